The second-order valence-corrected chi connectivity index (χ2v) is 7.02. The number of amides is 1. The fraction of sp³-hybridized carbons (Fsp3) is 0.647. The highest BCUT2D eigenvalue weighted by molar-refractivity contribution is 7.98. The second kappa shape index (κ2) is 9.78. The number of pyridine rings is 1. The number of aromatic nitrogens is 1. The molecule has 3 N–H and O–H groups in total. The van der Waals surface area contributed by atoms with Crippen LogP contribution < -0.4 is 16.0 Å². The lowest BCUT2D eigenvalue weighted by Gasteiger charge is -2.21. The number of nitrogens with two attached hydrogens (primary N) is 1. The Morgan fingerprint density at radius 2 is 2.09 bits per heavy atom. The van der Waals surface area contributed by atoms with Crippen molar-refractivity contribution in [3.05, 3.63) is 23.9 Å². The van der Waals surface area contributed by atoms with Gasteiger partial charge in [0.1, 0.15) is 5.82 Å². The van der Waals surface area contributed by atoms with Gasteiger partial charge in [-0.15, -0.1) is 0 Å². The van der Waals surface area contributed by atoms with E-state index in [-0.39, 0.29) is 5.91 Å². The molecule has 0 radical (unpaired) electrons. The molecule has 0 aliphatic carbocycles. The van der Waals surface area contributed by atoms with Gasteiger partial charge in [0.15, 0.2) is 0 Å². The molecule has 6 heteroatoms. The quantitative estimate of drug-likeness (QED) is 0.798. The van der Waals surface area contributed by atoms with Crippen LogP contribution in [0.4, 0.5) is 5.82 Å². The number of hydrogen-bond donors (Lipinski definition) is 2. The summed E-state index contributed by atoms with van der Waals surface area (Å²) in [6.07, 6.45) is 9.70. The normalized spacial score (nSPS) is 16.7. The molecule has 128 valence electrons. The number of thioether (sulfide) groups is 1. The van der Waals surface area contributed by atoms with E-state index in [2.05, 4.69) is 21.3 Å². The number of nitrogens with one attached hydrogen (secondary N) is 1. The van der Waals surface area contributed by atoms with Crippen LogP contribution in [0, 0.1) is 0 Å². The van der Waals surface area contributed by atoms with Crippen LogP contribution in [0.3, 0.4) is 0 Å². The van der Waals surface area contributed by atoms with E-state index in [0.29, 0.717) is 13.0 Å². The van der Waals surface area contributed by atoms with Crippen molar-refractivity contribution >= 4 is 23.5 Å². The molecule has 0 bridgehead atoms. The molecule has 1 aliphatic heterocycles. The number of rotatable bonds is 7. The van der Waals surface area contributed by atoms with Crippen molar-refractivity contribution in [3.63, 3.8) is 0 Å². The minimum absolute atomic E-state index is 0.0874. The molecule has 0 saturated carbocycles. The van der Waals surface area contributed by atoms with Crippen molar-refractivity contribution in [2.24, 2.45) is 5.73 Å². The predicted octanol–water partition coefficient (Wildman–Crippen LogP) is 2.16. The van der Waals surface area contributed by atoms with Gasteiger partial charge in [0.2, 0.25) is 5.91 Å². The molecule has 2 heterocycles. The zero-order chi connectivity index (χ0) is 16.5. The van der Waals surface area contributed by atoms with Crippen molar-refractivity contribution in [2.45, 2.75) is 44.7 Å². The smallest absolute Gasteiger partial charge is 0.237 e. The van der Waals surface area contributed by atoms with Gasteiger partial charge in [-0.1, -0.05) is 18.9 Å². The Morgan fingerprint density at radius 1 is 1.35 bits per heavy atom. The van der Waals surface area contributed by atoms with Crippen LogP contribution in [0.1, 0.15) is 37.7 Å². The topological polar surface area (TPSA) is 71.2 Å². The largest absolute Gasteiger partial charge is 0.357 e. The Morgan fingerprint density at radius 3 is 2.70 bits per heavy atom. The molecule has 1 saturated heterocycles. The van der Waals surface area contributed by atoms with Crippen molar-refractivity contribution in [3.8, 4) is 0 Å². The third-order valence-electron chi connectivity index (χ3n) is 4.18. The lowest BCUT2D eigenvalue weighted by Crippen LogP contribution is -2.40. The standard InChI is InChI=1S/C17H28N4OS/c1-23-11-8-15(18)17(22)20-13-14-6-7-16(19-12-14)21-9-4-2-3-5-10-21/h6-7,12,15H,2-5,8-11,13,18H2,1H3,(H,20,22). The van der Waals surface area contributed by atoms with Crippen LogP contribution in [0.2, 0.25) is 0 Å². The van der Waals surface area contributed by atoms with Gasteiger partial charge in [-0.3, -0.25) is 4.79 Å². The van der Waals surface area contributed by atoms with Crippen LogP contribution in [0.15, 0.2) is 18.3 Å². The summed E-state index contributed by atoms with van der Waals surface area (Å²) >= 11 is 1.70. The molecular weight excluding hydrogens is 308 g/mol. The molecule has 5 nitrogen and oxygen atoms in total. The molecular formula is C17H28N4OS. The van der Waals surface area contributed by atoms with Crippen molar-refractivity contribution in [1.29, 1.82) is 0 Å². The van der Waals surface area contributed by atoms with E-state index in [1.165, 1.54) is 25.7 Å². The SMILES string of the molecule is CSCCC(N)C(=O)NCc1ccc(N2CCCCCC2)nc1. The van der Waals surface area contributed by atoms with Gasteiger partial charge >= 0.3 is 0 Å². The zero-order valence-corrected chi connectivity index (χ0v) is 14.8. The summed E-state index contributed by atoms with van der Waals surface area (Å²) in [5.41, 5.74) is 6.86. The van der Waals surface area contributed by atoms with E-state index in [9.17, 15) is 4.79 Å². The zero-order valence-electron chi connectivity index (χ0n) is 14.0. The number of hydrogen-bond acceptors (Lipinski definition) is 5. The third kappa shape index (κ3) is 6.03. The van der Waals surface area contributed by atoms with Crippen LogP contribution in [0.5, 0.6) is 0 Å². The van der Waals surface area contributed by atoms with Crippen molar-refractivity contribution < 1.29 is 4.79 Å². The molecule has 1 atom stereocenters. The summed E-state index contributed by atoms with van der Waals surface area (Å²) in [4.78, 5) is 18.8. The van der Waals surface area contributed by atoms with Crippen LogP contribution in [-0.4, -0.2) is 42.0 Å². The van der Waals surface area contributed by atoms with Crippen molar-refractivity contribution in [2.75, 3.05) is 30.0 Å². The fourth-order valence-electron chi connectivity index (χ4n) is 2.70. The maximum absolute atomic E-state index is 11.9. The summed E-state index contributed by atoms with van der Waals surface area (Å²) < 4.78 is 0. The minimum Gasteiger partial charge on any atom is -0.357 e. The molecule has 0 spiro atoms. The molecule has 1 amide bonds. The van der Waals surface area contributed by atoms with Crippen LogP contribution >= 0.6 is 11.8 Å². The van der Waals surface area contributed by atoms with E-state index in [0.717, 1.165) is 30.2 Å². The highest BCUT2D eigenvalue weighted by Gasteiger charge is 2.13. The van der Waals surface area contributed by atoms with E-state index in [4.69, 9.17) is 5.73 Å². The lowest BCUT2D eigenvalue weighted by molar-refractivity contribution is -0.122. The maximum atomic E-state index is 11.9. The van der Waals surface area contributed by atoms with E-state index >= 15 is 0 Å². The lowest BCUT2D eigenvalue weighted by atomic mass is 10.2. The van der Waals surface area contributed by atoms with Gasteiger partial charge in [0.05, 0.1) is 6.04 Å². The number of carbonyl (C=O) groups is 1. The molecule has 1 unspecified atom stereocenters. The summed E-state index contributed by atoms with van der Waals surface area (Å²) in [5, 5.41) is 2.89. The second-order valence-electron chi connectivity index (χ2n) is 6.03. The fourth-order valence-corrected chi connectivity index (χ4v) is 3.19. The summed E-state index contributed by atoms with van der Waals surface area (Å²) in [5.74, 6) is 1.86. The van der Waals surface area contributed by atoms with Crippen LogP contribution in [-0.2, 0) is 11.3 Å². The molecule has 1 aromatic heterocycles. The highest BCUT2D eigenvalue weighted by Crippen LogP contribution is 2.17. The van der Waals surface area contributed by atoms with E-state index in [1.54, 1.807) is 11.8 Å². The average Bonchev–Trinajstić information content (AvgIpc) is 2.87. The number of anilines is 1. The molecule has 1 fully saturated rings. The van der Waals surface area contributed by atoms with Gasteiger partial charge in [-0.05, 0) is 42.9 Å². The van der Waals surface area contributed by atoms with Gasteiger partial charge in [0.25, 0.3) is 0 Å². The number of carbonyl (C=O) groups excluding carboxylic acids is 1. The van der Waals surface area contributed by atoms with Gasteiger partial charge < -0.3 is 16.0 Å². The maximum Gasteiger partial charge on any atom is 0.237 e. The van der Waals surface area contributed by atoms with Gasteiger partial charge in [-0.2, -0.15) is 11.8 Å². The summed E-state index contributed by atoms with van der Waals surface area (Å²) in [6, 6.07) is 3.67. The van der Waals surface area contributed by atoms with Gasteiger partial charge in [-0.25, -0.2) is 4.98 Å². The molecule has 23 heavy (non-hydrogen) atoms. The molecule has 1 aromatic rings. The first kappa shape index (κ1) is 18.1. The predicted molar refractivity (Wildman–Crippen MR) is 97.7 cm³/mol. The molecule has 1 aliphatic rings. The van der Waals surface area contributed by atoms with Crippen LogP contribution in [0.25, 0.3) is 0 Å². The number of nitrogens with zero attached hydrogens (tertiary/aromatic N) is 2. The first-order valence-corrected chi connectivity index (χ1v) is 9.82. The third-order valence-corrected chi connectivity index (χ3v) is 4.82. The monoisotopic (exact) mass is 336 g/mol. The Labute approximate surface area is 143 Å². The highest BCUT2D eigenvalue weighted by atomic mass is 32.2. The van der Waals surface area contributed by atoms with E-state index in [1.807, 2.05) is 18.5 Å². The molecule has 0 aromatic carbocycles. The summed E-state index contributed by atoms with van der Waals surface area (Å²) in [7, 11) is 0. The summed E-state index contributed by atoms with van der Waals surface area (Å²) in [6.45, 7) is 2.67. The van der Waals surface area contributed by atoms with Crippen molar-refractivity contribution in [1.82, 2.24) is 10.3 Å². The Balaban J connectivity index is 1.81. The molecule has 2 rings (SSSR count). The van der Waals surface area contributed by atoms with Gasteiger partial charge in [0, 0.05) is 25.8 Å². The average molecular weight is 337 g/mol. The minimum atomic E-state index is -0.424. The first-order chi connectivity index (χ1) is 11.2. The van der Waals surface area contributed by atoms with E-state index < -0.39 is 6.04 Å². The Bertz CT molecular complexity index is 472. The Hall–Kier alpha value is -1.27. The first-order valence-electron chi connectivity index (χ1n) is 8.43. The Kier molecular flexibility index (Phi) is 7.68.